The highest BCUT2D eigenvalue weighted by molar-refractivity contribution is 7.99. The number of aryl methyl sites for hydroxylation is 1. The first-order valence-corrected chi connectivity index (χ1v) is 10.3. The molecule has 0 aliphatic carbocycles. The number of aromatic nitrogens is 6. The van der Waals surface area contributed by atoms with Gasteiger partial charge in [0.15, 0.2) is 5.82 Å². The Balaban J connectivity index is 1.46. The van der Waals surface area contributed by atoms with Crippen LogP contribution in [0.25, 0.3) is 17.1 Å². The number of amides is 1. The van der Waals surface area contributed by atoms with Gasteiger partial charge < -0.3 is 5.32 Å². The summed E-state index contributed by atoms with van der Waals surface area (Å²) in [6.07, 6.45) is -1.98. The fourth-order valence-electron chi connectivity index (χ4n) is 2.81. The highest BCUT2D eigenvalue weighted by Crippen LogP contribution is 2.33. The van der Waals surface area contributed by atoms with Gasteiger partial charge in [0.05, 0.1) is 22.7 Å². The maximum Gasteiger partial charge on any atom is 0.416 e. The molecular weight excluding hydrogens is 443 g/mol. The molecule has 12 heteroatoms. The summed E-state index contributed by atoms with van der Waals surface area (Å²) in [7, 11) is 0. The molecule has 0 bridgehead atoms. The van der Waals surface area contributed by atoms with E-state index in [2.05, 4.69) is 30.6 Å². The number of benzene rings is 2. The Morgan fingerprint density at radius 1 is 1.19 bits per heavy atom. The summed E-state index contributed by atoms with van der Waals surface area (Å²) < 4.78 is 40.7. The average Bonchev–Trinajstić information content (AvgIpc) is 3.44. The molecule has 0 atom stereocenters. The van der Waals surface area contributed by atoms with E-state index in [1.54, 1.807) is 0 Å². The lowest BCUT2D eigenvalue weighted by atomic mass is 10.1. The third-order valence-electron chi connectivity index (χ3n) is 4.39. The van der Waals surface area contributed by atoms with Crippen LogP contribution in [0, 0.1) is 6.92 Å². The van der Waals surface area contributed by atoms with Crippen molar-refractivity contribution < 1.29 is 18.0 Å². The summed E-state index contributed by atoms with van der Waals surface area (Å²) in [4.78, 5) is 20.6. The van der Waals surface area contributed by atoms with Crippen LogP contribution in [0.15, 0.2) is 60.3 Å². The van der Waals surface area contributed by atoms with Gasteiger partial charge in [0.1, 0.15) is 12.7 Å². The maximum atomic E-state index is 13.1. The molecule has 2 N–H and O–H groups in total. The third-order valence-corrected chi connectivity index (χ3v) is 5.23. The molecule has 0 spiro atoms. The number of nitrogens with zero attached hydrogens (tertiary/aromatic N) is 5. The zero-order valence-corrected chi connectivity index (χ0v) is 17.4. The number of carbonyl (C=O) groups is 1. The van der Waals surface area contributed by atoms with Gasteiger partial charge in [-0.25, -0.2) is 14.6 Å². The molecule has 2 aromatic carbocycles. The highest BCUT2D eigenvalue weighted by atomic mass is 32.2. The lowest BCUT2D eigenvalue weighted by molar-refractivity contribution is -0.137. The molecule has 2 heterocycles. The van der Waals surface area contributed by atoms with Crippen molar-refractivity contribution in [3.63, 3.8) is 0 Å². The fourth-order valence-corrected chi connectivity index (χ4v) is 3.41. The van der Waals surface area contributed by atoms with Gasteiger partial charge in [-0.05, 0) is 25.1 Å². The standard InChI is InChI=1S/C20H16F3N7OS/c1-12-2-4-13(5-3-12)18-27-19(29-28-18)32-9-17(31)26-15-8-14(20(21,22)23)6-7-16(15)30-11-24-10-25-30/h2-8,10-11H,9H2,1H3,(H,26,31)(H,27,28,29). The molecule has 0 unspecified atom stereocenters. The molecule has 0 fully saturated rings. The summed E-state index contributed by atoms with van der Waals surface area (Å²) in [5.74, 6) is -0.0604. The zero-order valence-electron chi connectivity index (χ0n) is 16.6. The van der Waals surface area contributed by atoms with Crippen molar-refractivity contribution in [2.45, 2.75) is 18.3 Å². The SMILES string of the molecule is Cc1ccc(-c2nc(SCC(=O)Nc3cc(C(F)(F)F)ccc3-n3cncn3)n[nH]2)cc1. The molecule has 0 aliphatic rings. The number of aromatic amines is 1. The Bertz CT molecular complexity index is 1220. The fraction of sp³-hybridized carbons (Fsp3) is 0.150. The number of anilines is 1. The Morgan fingerprint density at radius 3 is 2.66 bits per heavy atom. The first kappa shape index (κ1) is 21.6. The molecule has 164 valence electrons. The lowest BCUT2D eigenvalue weighted by Gasteiger charge is -2.14. The van der Waals surface area contributed by atoms with Crippen LogP contribution in [-0.4, -0.2) is 41.6 Å². The molecule has 2 aromatic heterocycles. The van der Waals surface area contributed by atoms with E-state index in [1.165, 1.54) is 23.4 Å². The normalized spacial score (nSPS) is 11.5. The Labute approximate surface area is 184 Å². The average molecular weight is 459 g/mol. The van der Waals surface area contributed by atoms with Crippen molar-refractivity contribution in [2.75, 3.05) is 11.1 Å². The Kier molecular flexibility index (Phi) is 5.95. The van der Waals surface area contributed by atoms with Crippen LogP contribution in [0.2, 0.25) is 0 Å². The number of H-pyrrole nitrogens is 1. The van der Waals surface area contributed by atoms with Gasteiger partial charge in [0.25, 0.3) is 0 Å². The van der Waals surface area contributed by atoms with E-state index in [4.69, 9.17) is 0 Å². The zero-order chi connectivity index (χ0) is 22.7. The van der Waals surface area contributed by atoms with Gasteiger partial charge in [-0.2, -0.15) is 18.3 Å². The number of rotatable bonds is 6. The number of hydrogen-bond donors (Lipinski definition) is 2. The molecule has 0 aliphatic heterocycles. The quantitative estimate of drug-likeness (QED) is 0.421. The number of carbonyl (C=O) groups excluding carboxylic acids is 1. The van der Waals surface area contributed by atoms with Gasteiger partial charge >= 0.3 is 6.18 Å². The Hall–Kier alpha value is -3.67. The van der Waals surface area contributed by atoms with Crippen molar-refractivity contribution in [1.82, 2.24) is 29.9 Å². The van der Waals surface area contributed by atoms with Crippen LogP contribution in [0.4, 0.5) is 18.9 Å². The minimum Gasteiger partial charge on any atom is -0.323 e. The van der Waals surface area contributed by atoms with Gasteiger partial charge in [0, 0.05) is 5.56 Å². The van der Waals surface area contributed by atoms with Crippen molar-refractivity contribution in [1.29, 1.82) is 0 Å². The van der Waals surface area contributed by atoms with E-state index >= 15 is 0 Å². The van der Waals surface area contributed by atoms with E-state index < -0.39 is 17.6 Å². The molecule has 1 amide bonds. The monoisotopic (exact) mass is 459 g/mol. The van der Waals surface area contributed by atoms with Crippen LogP contribution >= 0.6 is 11.8 Å². The number of thioether (sulfide) groups is 1. The number of halogens is 3. The van der Waals surface area contributed by atoms with Gasteiger partial charge in [-0.15, -0.1) is 5.10 Å². The van der Waals surface area contributed by atoms with Crippen molar-refractivity contribution >= 4 is 23.4 Å². The molecule has 8 nitrogen and oxygen atoms in total. The predicted octanol–water partition coefficient (Wildman–Crippen LogP) is 4.11. The van der Waals surface area contributed by atoms with E-state index in [-0.39, 0.29) is 17.1 Å². The summed E-state index contributed by atoms with van der Waals surface area (Å²) in [6.45, 7) is 1.97. The van der Waals surface area contributed by atoms with E-state index in [0.717, 1.165) is 35.0 Å². The van der Waals surface area contributed by atoms with Gasteiger partial charge in [0.2, 0.25) is 11.1 Å². The van der Waals surface area contributed by atoms with Crippen LogP contribution in [0.3, 0.4) is 0 Å². The largest absolute Gasteiger partial charge is 0.416 e. The summed E-state index contributed by atoms with van der Waals surface area (Å²) in [5, 5.41) is 13.7. The molecule has 0 saturated carbocycles. The minimum absolute atomic E-state index is 0.0359. The van der Waals surface area contributed by atoms with Crippen molar-refractivity contribution in [3.8, 4) is 17.1 Å². The molecule has 4 rings (SSSR count). The lowest BCUT2D eigenvalue weighted by Crippen LogP contribution is -2.17. The second-order valence-electron chi connectivity index (χ2n) is 6.74. The highest BCUT2D eigenvalue weighted by Gasteiger charge is 2.31. The molecule has 4 aromatic rings. The molecular formula is C20H16F3N7OS. The van der Waals surface area contributed by atoms with Gasteiger partial charge in [-0.3, -0.25) is 9.89 Å². The first-order chi connectivity index (χ1) is 15.3. The van der Waals surface area contributed by atoms with E-state index in [0.29, 0.717) is 11.0 Å². The first-order valence-electron chi connectivity index (χ1n) is 9.28. The number of hydrogen-bond acceptors (Lipinski definition) is 6. The topological polar surface area (TPSA) is 101 Å². The number of alkyl halides is 3. The van der Waals surface area contributed by atoms with Crippen LogP contribution < -0.4 is 5.32 Å². The van der Waals surface area contributed by atoms with Gasteiger partial charge in [-0.1, -0.05) is 41.6 Å². The van der Waals surface area contributed by atoms with E-state index in [9.17, 15) is 18.0 Å². The van der Waals surface area contributed by atoms with E-state index in [1.807, 2.05) is 31.2 Å². The second kappa shape index (κ2) is 8.83. The molecule has 32 heavy (non-hydrogen) atoms. The smallest absolute Gasteiger partial charge is 0.323 e. The van der Waals surface area contributed by atoms with Crippen LogP contribution in [0.5, 0.6) is 0 Å². The summed E-state index contributed by atoms with van der Waals surface area (Å²) >= 11 is 1.06. The number of nitrogens with one attached hydrogen (secondary N) is 2. The van der Waals surface area contributed by atoms with Crippen molar-refractivity contribution in [3.05, 3.63) is 66.2 Å². The Morgan fingerprint density at radius 2 is 1.97 bits per heavy atom. The minimum atomic E-state index is -4.56. The summed E-state index contributed by atoms with van der Waals surface area (Å²) in [6, 6.07) is 10.7. The second-order valence-corrected chi connectivity index (χ2v) is 7.68. The predicted molar refractivity (Wildman–Crippen MR) is 112 cm³/mol. The summed E-state index contributed by atoms with van der Waals surface area (Å²) in [5.41, 5.74) is 1.29. The maximum absolute atomic E-state index is 13.1. The molecule has 0 saturated heterocycles. The van der Waals surface area contributed by atoms with Crippen LogP contribution in [0.1, 0.15) is 11.1 Å². The molecule has 0 radical (unpaired) electrons. The van der Waals surface area contributed by atoms with Crippen LogP contribution in [-0.2, 0) is 11.0 Å². The third kappa shape index (κ3) is 4.97. The van der Waals surface area contributed by atoms with Crippen molar-refractivity contribution in [2.24, 2.45) is 0 Å².